The molecule has 0 saturated carbocycles. The molecular formula is C9H14N2O. The van der Waals surface area contributed by atoms with Gasteiger partial charge in [0, 0.05) is 5.56 Å². The molecule has 1 aliphatic heterocycles. The standard InChI is InChI=1S/C9H14N2O/c1-6(2)9-7-3-4-10-5-8(7)12-11-9/h6,10H,3-5H2,1-2H3. The Hall–Kier alpha value is -0.830. The number of hydrogen-bond donors (Lipinski definition) is 1. The predicted octanol–water partition coefficient (Wildman–Crippen LogP) is 1.44. The lowest BCUT2D eigenvalue weighted by molar-refractivity contribution is 0.360. The summed E-state index contributed by atoms with van der Waals surface area (Å²) in [7, 11) is 0. The van der Waals surface area contributed by atoms with Gasteiger partial charge in [0.15, 0.2) is 5.76 Å². The highest BCUT2D eigenvalue weighted by molar-refractivity contribution is 5.27. The first-order valence-corrected chi connectivity index (χ1v) is 4.47. The van der Waals surface area contributed by atoms with Crippen molar-refractivity contribution >= 4 is 0 Å². The third-order valence-corrected chi connectivity index (χ3v) is 2.28. The van der Waals surface area contributed by atoms with E-state index < -0.39 is 0 Å². The zero-order valence-electron chi connectivity index (χ0n) is 7.55. The van der Waals surface area contributed by atoms with Gasteiger partial charge in [-0.15, -0.1) is 0 Å². The minimum Gasteiger partial charge on any atom is -0.359 e. The molecule has 0 unspecified atom stereocenters. The van der Waals surface area contributed by atoms with Crippen LogP contribution in [0.2, 0.25) is 0 Å². The van der Waals surface area contributed by atoms with E-state index in [-0.39, 0.29) is 0 Å². The fourth-order valence-corrected chi connectivity index (χ4v) is 1.63. The zero-order valence-corrected chi connectivity index (χ0v) is 7.55. The monoisotopic (exact) mass is 166 g/mol. The first kappa shape index (κ1) is 7.80. The zero-order chi connectivity index (χ0) is 8.55. The fraction of sp³-hybridized carbons (Fsp3) is 0.667. The van der Waals surface area contributed by atoms with Gasteiger partial charge in [-0.05, 0) is 18.9 Å². The summed E-state index contributed by atoms with van der Waals surface area (Å²) in [6, 6.07) is 0. The number of aromatic nitrogens is 1. The molecule has 1 aromatic heterocycles. The van der Waals surface area contributed by atoms with Crippen LogP contribution in [-0.4, -0.2) is 11.7 Å². The maximum absolute atomic E-state index is 5.24. The largest absolute Gasteiger partial charge is 0.359 e. The summed E-state index contributed by atoms with van der Waals surface area (Å²) >= 11 is 0. The molecular weight excluding hydrogens is 152 g/mol. The molecule has 2 heterocycles. The molecule has 0 atom stereocenters. The van der Waals surface area contributed by atoms with Crippen molar-refractivity contribution in [1.82, 2.24) is 10.5 Å². The van der Waals surface area contributed by atoms with Crippen molar-refractivity contribution in [3.8, 4) is 0 Å². The van der Waals surface area contributed by atoms with Crippen LogP contribution in [0, 0.1) is 0 Å². The van der Waals surface area contributed by atoms with Crippen LogP contribution in [0.4, 0.5) is 0 Å². The summed E-state index contributed by atoms with van der Waals surface area (Å²) in [5.74, 6) is 1.51. The lowest BCUT2D eigenvalue weighted by Gasteiger charge is -2.11. The summed E-state index contributed by atoms with van der Waals surface area (Å²) < 4.78 is 5.24. The number of nitrogens with zero attached hydrogens (tertiary/aromatic N) is 1. The quantitative estimate of drug-likeness (QED) is 0.686. The van der Waals surface area contributed by atoms with Crippen molar-refractivity contribution in [2.75, 3.05) is 6.54 Å². The van der Waals surface area contributed by atoms with Gasteiger partial charge in [-0.3, -0.25) is 0 Å². The van der Waals surface area contributed by atoms with E-state index in [9.17, 15) is 0 Å². The van der Waals surface area contributed by atoms with Crippen molar-refractivity contribution in [3.63, 3.8) is 0 Å². The van der Waals surface area contributed by atoms with E-state index in [1.807, 2.05) is 0 Å². The highest BCUT2D eigenvalue weighted by Gasteiger charge is 2.20. The summed E-state index contributed by atoms with van der Waals surface area (Å²) in [6.45, 7) is 6.20. The molecule has 1 aliphatic rings. The molecule has 0 fully saturated rings. The average molecular weight is 166 g/mol. The highest BCUT2D eigenvalue weighted by Crippen LogP contribution is 2.23. The number of fused-ring (bicyclic) bond motifs is 1. The van der Waals surface area contributed by atoms with Gasteiger partial charge in [0.25, 0.3) is 0 Å². The molecule has 0 radical (unpaired) electrons. The second-order valence-electron chi connectivity index (χ2n) is 3.55. The van der Waals surface area contributed by atoms with Crippen LogP contribution in [0.3, 0.4) is 0 Å². The van der Waals surface area contributed by atoms with Gasteiger partial charge in [-0.25, -0.2) is 0 Å². The van der Waals surface area contributed by atoms with E-state index in [1.165, 1.54) is 5.56 Å². The minimum atomic E-state index is 0.482. The van der Waals surface area contributed by atoms with E-state index in [2.05, 4.69) is 24.3 Å². The van der Waals surface area contributed by atoms with E-state index in [4.69, 9.17) is 4.52 Å². The first-order chi connectivity index (χ1) is 5.79. The van der Waals surface area contributed by atoms with E-state index in [0.717, 1.165) is 31.0 Å². The van der Waals surface area contributed by atoms with Crippen molar-refractivity contribution in [2.24, 2.45) is 0 Å². The third kappa shape index (κ3) is 1.14. The van der Waals surface area contributed by atoms with Crippen LogP contribution < -0.4 is 5.32 Å². The number of hydrogen-bond acceptors (Lipinski definition) is 3. The Bertz CT molecular complexity index is 278. The molecule has 3 heteroatoms. The van der Waals surface area contributed by atoms with Crippen molar-refractivity contribution in [3.05, 3.63) is 17.0 Å². The first-order valence-electron chi connectivity index (χ1n) is 4.47. The topological polar surface area (TPSA) is 38.1 Å². The van der Waals surface area contributed by atoms with Gasteiger partial charge >= 0.3 is 0 Å². The fourth-order valence-electron chi connectivity index (χ4n) is 1.63. The van der Waals surface area contributed by atoms with E-state index in [0.29, 0.717) is 5.92 Å². The molecule has 0 saturated heterocycles. The maximum Gasteiger partial charge on any atom is 0.153 e. The molecule has 2 rings (SSSR count). The summed E-state index contributed by atoms with van der Waals surface area (Å²) in [5.41, 5.74) is 2.48. The lowest BCUT2D eigenvalue weighted by atomic mass is 10.00. The predicted molar refractivity (Wildman–Crippen MR) is 46.0 cm³/mol. The molecule has 66 valence electrons. The molecule has 1 aromatic rings. The second kappa shape index (κ2) is 2.90. The molecule has 1 N–H and O–H groups in total. The molecule has 0 spiro atoms. The molecule has 3 nitrogen and oxygen atoms in total. The Balaban J connectivity index is 2.38. The smallest absolute Gasteiger partial charge is 0.153 e. The van der Waals surface area contributed by atoms with Crippen LogP contribution in [0.15, 0.2) is 4.52 Å². The van der Waals surface area contributed by atoms with Gasteiger partial charge in [-0.2, -0.15) is 0 Å². The van der Waals surface area contributed by atoms with E-state index >= 15 is 0 Å². The summed E-state index contributed by atoms with van der Waals surface area (Å²) in [6.07, 6.45) is 1.06. The Morgan fingerprint density at radius 3 is 3.08 bits per heavy atom. The van der Waals surface area contributed by atoms with Gasteiger partial charge in [0.05, 0.1) is 12.2 Å². The van der Waals surface area contributed by atoms with E-state index in [1.54, 1.807) is 0 Å². The molecule has 0 amide bonds. The van der Waals surface area contributed by atoms with Gasteiger partial charge in [-0.1, -0.05) is 19.0 Å². The SMILES string of the molecule is CC(C)c1noc2c1CCNC2. The normalized spacial score (nSPS) is 16.6. The molecule has 12 heavy (non-hydrogen) atoms. The Kier molecular flexibility index (Phi) is 1.89. The average Bonchev–Trinajstić information content (AvgIpc) is 2.47. The van der Waals surface area contributed by atoms with Crippen LogP contribution in [0.1, 0.15) is 36.8 Å². The van der Waals surface area contributed by atoms with Gasteiger partial charge < -0.3 is 9.84 Å². The molecule has 0 aliphatic carbocycles. The van der Waals surface area contributed by atoms with Crippen LogP contribution in [0.5, 0.6) is 0 Å². The van der Waals surface area contributed by atoms with Crippen LogP contribution in [0.25, 0.3) is 0 Å². The Labute approximate surface area is 72.1 Å². The van der Waals surface area contributed by atoms with Crippen molar-refractivity contribution in [2.45, 2.75) is 32.7 Å². The van der Waals surface area contributed by atoms with Gasteiger partial charge in [0.1, 0.15) is 0 Å². The Morgan fingerprint density at radius 1 is 1.50 bits per heavy atom. The lowest BCUT2D eigenvalue weighted by Crippen LogP contribution is -2.23. The Morgan fingerprint density at radius 2 is 2.33 bits per heavy atom. The van der Waals surface area contributed by atoms with Crippen LogP contribution >= 0.6 is 0 Å². The number of rotatable bonds is 1. The van der Waals surface area contributed by atoms with Crippen molar-refractivity contribution in [1.29, 1.82) is 0 Å². The maximum atomic E-state index is 5.24. The highest BCUT2D eigenvalue weighted by atomic mass is 16.5. The third-order valence-electron chi connectivity index (χ3n) is 2.28. The van der Waals surface area contributed by atoms with Crippen molar-refractivity contribution < 1.29 is 4.52 Å². The molecule has 0 aromatic carbocycles. The van der Waals surface area contributed by atoms with Gasteiger partial charge in [0.2, 0.25) is 0 Å². The summed E-state index contributed by atoms with van der Waals surface area (Å²) in [4.78, 5) is 0. The number of nitrogens with one attached hydrogen (secondary N) is 1. The summed E-state index contributed by atoms with van der Waals surface area (Å²) in [5, 5.41) is 7.34. The van der Waals surface area contributed by atoms with Crippen LogP contribution in [-0.2, 0) is 13.0 Å². The molecule has 0 bridgehead atoms. The second-order valence-corrected chi connectivity index (χ2v) is 3.55. The minimum absolute atomic E-state index is 0.482.